The number of ketones is 1. The van der Waals surface area contributed by atoms with Crippen molar-refractivity contribution in [2.45, 2.75) is 45.1 Å². The molecule has 0 unspecified atom stereocenters. The van der Waals surface area contributed by atoms with Crippen molar-refractivity contribution in [1.29, 1.82) is 0 Å². The fourth-order valence-corrected chi connectivity index (χ4v) is 5.68. The van der Waals surface area contributed by atoms with Gasteiger partial charge in [-0.15, -0.1) is 0 Å². The van der Waals surface area contributed by atoms with Crippen molar-refractivity contribution in [1.82, 2.24) is 5.32 Å². The minimum absolute atomic E-state index is 0.00207. The Balaban J connectivity index is 1.52. The molecular formula is C34H35NO6. The van der Waals surface area contributed by atoms with Crippen LogP contribution in [0, 0.1) is 0 Å². The number of dihydropyridines is 1. The van der Waals surface area contributed by atoms with Gasteiger partial charge >= 0.3 is 5.97 Å². The third-order valence-electron chi connectivity index (χ3n) is 7.67. The molecular weight excluding hydrogens is 518 g/mol. The van der Waals surface area contributed by atoms with Gasteiger partial charge in [0, 0.05) is 29.3 Å². The number of esters is 1. The number of carbonyl (C=O) groups is 2. The normalized spacial score (nSPS) is 18.4. The minimum Gasteiger partial charge on any atom is -0.497 e. The van der Waals surface area contributed by atoms with E-state index >= 15 is 0 Å². The maximum Gasteiger partial charge on any atom is 0.336 e. The lowest BCUT2D eigenvalue weighted by Gasteiger charge is -2.36. The number of benzene rings is 3. The Morgan fingerprint density at radius 2 is 1.63 bits per heavy atom. The van der Waals surface area contributed by atoms with Crippen LogP contribution in [0.1, 0.15) is 55.2 Å². The monoisotopic (exact) mass is 553 g/mol. The summed E-state index contributed by atoms with van der Waals surface area (Å²) in [4.78, 5) is 27.2. The standard InChI is InChI=1S/C34H35NO6/c1-5-40-34(37)31-21(2)35-27-17-25(23-11-14-26(38-3)15-12-23)18-28(36)33(27)32(31)24-13-16-29(30(19-24)39-4)41-20-22-9-7-6-8-10-22/h6-16,19,25,32,35H,5,17-18,20H2,1-4H3/t25-,32+/m0/s1. The van der Waals surface area contributed by atoms with Crippen molar-refractivity contribution in [3.05, 3.63) is 112 Å². The predicted molar refractivity (Wildman–Crippen MR) is 156 cm³/mol. The molecule has 5 rings (SSSR count). The fraction of sp³-hybridized carbons (Fsp3) is 0.294. The molecule has 2 atom stereocenters. The number of allylic oxidation sites excluding steroid dienone is 3. The molecule has 212 valence electrons. The van der Waals surface area contributed by atoms with Crippen LogP contribution in [-0.4, -0.2) is 32.6 Å². The van der Waals surface area contributed by atoms with E-state index in [1.807, 2.05) is 79.7 Å². The third-order valence-corrected chi connectivity index (χ3v) is 7.67. The average molecular weight is 554 g/mol. The highest BCUT2D eigenvalue weighted by molar-refractivity contribution is 6.04. The van der Waals surface area contributed by atoms with Crippen molar-refractivity contribution in [2.24, 2.45) is 0 Å². The lowest BCUT2D eigenvalue weighted by Crippen LogP contribution is -2.36. The van der Waals surface area contributed by atoms with E-state index in [-0.39, 0.29) is 18.3 Å². The zero-order valence-electron chi connectivity index (χ0n) is 23.9. The summed E-state index contributed by atoms with van der Waals surface area (Å²) in [5, 5.41) is 3.40. The van der Waals surface area contributed by atoms with Crippen molar-refractivity contribution >= 4 is 11.8 Å². The average Bonchev–Trinajstić information content (AvgIpc) is 2.99. The van der Waals surface area contributed by atoms with Crippen LogP contribution in [0.2, 0.25) is 0 Å². The molecule has 1 aliphatic heterocycles. The predicted octanol–water partition coefficient (Wildman–Crippen LogP) is 6.21. The molecule has 1 aliphatic carbocycles. The molecule has 1 heterocycles. The quantitative estimate of drug-likeness (QED) is 0.316. The largest absolute Gasteiger partial charge is 0.497 e. The molecule has 3 aromatic rings. The highest BCUT2D eigenvalue weighted by Crippen LogP contribution is 2.47. The van der Waals surface area contributed by atoms with Gasteiger partial charge in [0.05, 0.1) is 26.4 Å². The molecule has 0 fully saturated rings. The van der Waals surface area contributed by atoms with E-state index in [4.69, 9.17) is 18.9 Å². The van der Waals surface area contributed by atoms with Crippen molar-refractivity contribution in [3.63, 3.8) is 0 Å². The summed E-state index contributed by atoms with van der Waals surface area (Å²) >= 11 is 0. The van der Waals surface area contributed by atoms with Crippen LogP contribution < -0.4 is 19.5 Å². The Kier molecular flexibility index (Phi) is 8.43. The Morgan fingerprint density at radius 3 is 2.32 bits per heavy atom. The van der Waals surface area contributed by atoms with Gasteiger partial charge in [-0.25, -0.2) is 4.79 Å². The summed E-state index contributed by atoms with van der Waals surface area (Å²) in [5.41, 5.74) is 5.42. The van der Waals surface area contributed by atoms with Crippen molar-refractivity contribution < 1.29 is 28.5 Å². The molecule has 0 saturated carbocycles. The van der Waals surface area contributed by atoms with Gasteiger partial charge in [0.25, 0.3) is 0 Å². The van der Waals surface area contributed by atoms with Gasteiger partial charge in [-0.1, -0.05) is 48.5 Å². The number of methoxy groups -OCH3 is 2. The lowest BCUT2D eigenvalue weighted by molar-refractivity contribution is -0.138. The zero-order chi connectivity index (χ0) is 28.9. The molecule has 0 bridgehead atoms. The second-order valence-corrected chi connectivity index (χ2v) is 10.2. The lowest BCUT2D eigenvalue weighted by atomic mass is 9.71. The van der Waals surface area contributed by atoms with E-state index in [1.54, 1.807) is 21.1 Å². The van der Waals surface area contributed by atoms with Gasteiger partial charge < -0.3 is 24.3 Å². The Bertz CT molecular complexity index is 1490. The minimum atomic E-state index is -0.591. The van der Waals surface area contributed by atoms with E-state index < -0.39 is 11.9 Å². The van der Waals surface area contributed by atoms with Gasteiger partial charge in [0.15, 0.2) is 17.3 Å². The summed E-state index contributed by atoms with van der Waals surface area (Å²) in [5.74, 6) is 0.863. The number of hydrogen-bond donors (Lipinski definition) is 1. The second kappa shape index (κ2) is 12.3. The molecule has 1 N–H and O–H groups in total. The Labute approximate surface area is 240 Å². The molecule has 0 amide bonds. The zero-order valence-corrected chi connectivity index (χ0v) is 23.9. The van der Waals surface area contributed by atoms with Crippen LogP contribution in [0.25, 0.3) is 0 Å². The van der Waals surface area contributed by atoms with Crippen molar-refractivity contribution in [3.8, 4) is 17.2 Å². The van der Waals surface area contributed by atoms with Gasteiger partial charge in [0.1, 0.15) is 12.4 Å². The summed E-state index contributed by atoms with van der Waals surface area (Å²) in [6.45, 7) is 4.25. The molecule has 0 aromatic heterocycles. The highest BCUT2D eigenvalue weighted by atomic mass is 16.5. The van der Waals surface area contributed by atoms with E-state index in [2.05, 4.69) is 5.32 Å². The van der Waals surface area contributed by atoms with Crippen LogP contribution in [0.4, 0.5) is 0 Å². The summed E-state index contributed by atoms with van der Waals surface area (Å²) in [6, 6.07) is 23.3. The summed E-state index contributed by atoms with van der Waals surface area (Å²) in [6.07, 6.45) is 0.987. The summed E-state index contributed by atoms with van der Waals surface area (Å²) in [7, 11) is 3.22. The van der Waals surface area contributed by atoms with Crippen molar-refractivity contribution in [2.75, 3.05) is 20.8 Å². The number of ether oxygens (including phenoxy) is 4. The van der Waals surface area contributed by atoms with Crippen LogP contribution in [0.15, 0.2) is 95.3 Å². The number of rotatable bonds is 9. The molecule has 0 saturated heterocycles. The van der Waals surface area contributed by atoms with E-state index in [0.29, 0.717) is 47.8 Å². The first-order chi connectivity index (χ1) is 19.9. The molecule has 7 heteroatoms. The smallest absolute Gasteiger partial charge is 0.336 e. The van der Waals surface area contributed by atoms with Crippen LogP contribution >= 0.6 is 0 Å². The molecule has 2 aliphatic rings. The van der Waals surface area contributed by atoms with Gasteiger partial charge in [-0.2, -0.15) is 0 Å². The number of hydrogen-bond acceptors (Lipinski definition) is 7. The second-order valence-electron chi connectivity index (χ2n) is 10.2. The number of nitrogens with one attached hydrogen (secondary N) is 1. The first-order valence-corrected chi connectivity index (χ1v) is 13.8. The van der Waals surface area contributed by atoms with Gasteiger partial charge in [0.2, 0.25) is 0 Å². The number of carbonyl (C=O) groups excluding carboxylic acids is 2. The molecule has 7 nitrogen and oxygen atoms in total. The topological polar surface area (TPSA) is 83.1 Å². The van der Waals surface area contributed by atoms with E-state index in [0.717, 1.165) is 28.1 Å². The first kappa shape index (κ1) is 28.0. The molecule has 41 heavy (non-hydrogen) atoms. The van der Waals surface area contributed by atoms with Gasteiger partial charge in [-0.05, 0) is 67.1 Å². The Morgan fingerprint density at radius 1 is 0.902 bits per heavy atom. The SMILES string of the molecule is CCOC(=O)C1=C(C)NC2=C(C(=O)C[C@@H](c3ccc(OC)cc3)C2)[C@@H]1c1ccc(OCc2ccccc2)c(OC)c1. The first-order valence-electron chi connectivity index (χ1n) is 13.8. The van der Waals surface area contributed by atoms with E-state index in [1.165, 1.54) is 0 Å². The molecule has 3 aromatic carbocycles. The molecule has 0 radical (unpaired) electrons. The van der Waals surface area contributed by atoms with Gasteiger partial charge in [-0.3, -0.25) is 4.79 Å². The van der Waals surface area contributed by atoms with E-state index in [9.17, 15) is 9.59 Å². The maximum atomic E-state index is 13.9. The van der Waals surface area contributed by atoms with Crippen LogP contribution in [0.3, 0.4) is 0 Å². The highest BCUT2D eigenvalue weighted by Gasteiger charge is 2.41. The van der Waals surface area contributed by atoms with Crippen LogP contribution in [-0.2, 0) is 20.9 Å². The Hall–Kier alpha value is -4.52. The summed E-state index contributed by atoms with van der Waals surface area (Å²) < 4.78 is 22.5. The number of Topliss-reactive ketones (excluding diaryl/α,β-unsaturated/α-hetero) is 1. The third kappa shape index (κ3) is 5.85. The maximum absolute atomic E-state index is 13.9. The van der Waals surface area contributed by atoms with Crippen LogP contribution in [0.5, 0.6) is 17.2 Å². The molecule has 0 spiro atoms. The fourth-order valence-electron chi connectivity index (χ4n) is 5.68.